The fourth-order valence-electron chi connectivity index (χ4n) is 0.897. The molecule has 0 N–H and O–H groups in total. The van der Waals surface area contributed by atoms with E-state index >= 15 is 0 Å². The minimum absolute atomic E-state index is 0.135. The van der Waals surface area contributed by atoms with Gasteiger partial charge in [0.25, 0.3) is 5.91 Å². The molecule has 0 heterocycles. The van der Waals surface area contributed by atoms with Crippen LogP contribution >= 0.6 is 0 Å². The van der Waals surface area contributed by atoms with Crippen molar-refractivity contribution in [2.24, 2.45) is 0 Å². The van der Waals surface area contributed by atoms with E-state index in [9.17, 15) is 4.79 Å². The Kier molecular flexibility index (Phi) is 3.05. The molecule has 12 heavy (non-hydrogen) atoms. The maximum Gasteiger partial charge on any atom is 0.274 e. The van der Waals surface area contributed by atoms with Crippen LogP contribution in [0, 0.1) is 0 Å². The molecule has 4 heteroatoms. The molecule has 4 nitrogen and oxygen atoms in total. The molecule has 0 bridgehead atoms. The predicted molar refractivity (Wildman–Crippen MR) is 43.3 cm³/mol. The van der Waals surface area contributed by atoms with Crippen LogP contribution in [0.1, 0.15) is 19.8 Å². The number of rotatable bonds is 4. The van der Waals surface area contributed by atoms with Gasteiger partial charge in [0, 0.05) is 7.05 Å². The lowest BCUT2D eigenvalue weighted by Crippen LogP contribution is -2.35. The molecular weight excluding hydrogens is 158 g/mol. The van der Waals surface area contributed by atoms with E-state index in [0.717, 1.165) is 12.8 Å². The molecule has 1 atom stereocenters. The summed E-state index contributed by atoms with van der Waals surface area (Å²) in [6.07, 6.45) is 2.07. The van der Waals surface area contributed by atoms with Crippen LogP contribution in [0.15, 0.2) is 0 Å². The number of amides is 1. The van der Waals surface area contributed by atoms with Gasteiger partial charge in [-0.2, -0.15) is 0 Å². The lowest BCUT2D eigenvalue weighted by molar-refractivity contribution is -0.180. The maximum atomic E-state index is 11.3. The number of nitrogens with zero attached hydrogens (tertiary/aromatic N) is 1. The van der Waals surface area contributed by atoms with Crippen LogP contribution < -0.4 is 0 Å². The third kappa shape index (κ3) is 2.46. The van der Waals surface area contributed by atoms with E-state index in [4.69, 9.17) is 9.57 Å². The van der Waals surface area contributed by atoms with Gasteiger partial charge in [0.05, 0.1) is 13.2 Å². The van der Waals surface area contributed by atoms with Gasteiger partial charge < -0.3 is 4.74 Å². The normalized spacial score (nSPS) is 18.9. The summed E-state index contributed by atoms with van der Waals surface area (Å²) < 4.78 is 5.37. The second-order valence-electron chi connectivity index (χ2n) is 3.00. The number of ether oxygens (including phenoxy) is 1. The fourth-order valence-corrected chi connectivity index (χ4v) is 0.897. The first-order valence-corrected chi connectivity index (χ1v) is 4.12. The Hall–Kier alpha value is -0.610. The first-order valence-electron chi connectivity index (χ1n) is 4.12. The first-order chi connectivity index (χ1) is 5.65. The molecule has 1 amide bonds. The number of carbonyl (C=O) groups excluding carboxylic acids is 1. The summed E-state index contributed by atoms with van der Waals surface area (Å²) in [5.74, 6) is -0.135. The summed E-state index contributed by atoms with van der Waals surface area (Å²) in [6, 6.07) is 0. The standard InChI is InChI=1S/C8H15NO3/c1-6(12-7-4-5-7)8(10)9(2)11-3/h6-7H,4-5H2,1-3H3/t6-/m1/s1. The summed E-state index contributed by atoms with van der Waals surface area (Å²) in [5, 5.41) is 1.19. The smallest absolute Gasteiger partial charge is 0.274 e. The number of hydrogen-bond acceptors (Lipinski definition) is 3. The van der Waals surface area contributed by atoms with Gasteiger partial charge in [-0.05, 0) is 19.8 Å². The molecule has 0 aliphatic heterocycles. The highest BCUT2D eigenvalue weighted by Crippen LogP contribution is 2.25. The molecule has 0 spiro atoms. The highest BCUT2D eigenvalue weighted by Gasteiger charge is 2.28. The van der Waals surface area contributed by atoms with Gasteiger partial charge in [0.15, 0.2) is 0 Å². The molecule has 1 fully saturated rings. The number of carbonyl (C=O) groups is 1. The van der Waals surface area contributed by atoms with E-state index in [2.05, 4.69) is 0 Å². The Morgan fingerprint density at radius 2 is 2.17 bits per heavy atom. The predicted octanol–water partition coefficient (Wildman–Crippen LogP) is 0.574. The average molecular weight is 173 g/mol. The number of hydrogen-bond donors (Lipinski definition) is 0. The SMILES string of the molecule is CON(C)C(=O)[C@@H](C)OC1CC1. The van der Waals surface area contributed by atoms with Crippen LogP contribution in [0.2, 0.25) is 0 Å². The quantitative estimate of drug-likeness (QED) is 0.583. The van der Waals surface area contributed by atoms with Crippen molar-refractivity contribution in [2.75, 3.05) is 14.2 Å². The zero-order valence-corrected chi connectivity index (χ0v) is 7.74. The maximum absolute atomic E-state index is 11.3. The minimum atomic E-state index is -0.387. The molecule has 1 rings (SSSR count). The molecule has 0 aromatic rings. The molecule has 0 aromatic heterocycles. The van der Waals surface area contributed by atoms with Crippen molar-refractivity contribution >= 4 is 5.91 Å². The van der Waals surface area contributed by atoms with E-state index in [0.29, 0.717) is 6.10 Å². The van der Waals surface area contributed by atoms with Crippen molar-refractivity contribution in [3.8, 4) is 0 Å². The van der Waals surface area contributed by atoms with Crippen molar-refractivity contribution in [3.63, 3.8) is 0 Å². The summed E-state index contributed by atoms with van der Waals surface area (Å²) in [7, 11) is 3.04. The fraction of sp³-hybridized carbons (Fsp3) is 0.875. The molecule has 0 saturated heterocycles. The minimum Gasteiger partial charge on any atom is -0.365 e. The van der Waals surface area contributed by atoms with Crippen LogP contribution in [0.4, 0.5) is 0 Å². The topological polar surface area (TPSA) is 38.8 Å². The Labute approximate surface area is 72.4 Å². The van der Waals surface area contributed by atoms with E-state index < -0.39 is 0 Å². The molecule has 1 aliphatic carbocycles. The lowest BCUT2D eigenvalue weighted by Gasteiger charge is -2.18. The summed E-state index contributed by atoms with van der Waals surface area (Å²) in [6.45, 7) is 1.75. The zero-order valence-electron chi connectivity index (χ0n) is 7.74. The third-order valence-electron chi connectivity index (χ3n) is 1.85. The van der Waals surface area contributed by atoms with Gasteiger partial charge in [-0.1, -0.05) is 0 Å². The van der Waals surface area contributed by atoms with E-state index in [1.807, 2.05) is 0 Å². The van der Waals surface area contributed by atoms with Crippen molar-refractivity contribution < 1.29 is 14.4 Å². The average Bonchev–Trinajstić information content (AvgIpc) is 2.85. The van der Waals surface area contributed by atoms with Gasteiger partial charge in [0.2, 0.25) is 0 Å². The van der Waals surface area contributed by atoms with Gasteiger partial charge in [0.1, 0.15) is 6.10 Å². The van der Waals surface area contributed by atoms with Crippen LogP contribution in [0.25, 0.3) is 0 Å². The third-order valence-corrected chi connectivity index (χ3v) is 1.85. The summed E-state index contributed by atoms with van der Waals surface area (Å²) >= 11 is 0. The van der Waals surface area contributed by atoms with Crippen LogP contribution in [0.5, 0.6) is 0 Å². The monoisotopic (exact) mass is 173 g/mol. The summed E-state index contributed by atoms with van der Waals surface area (Å²) in [4.78, 5) is 16.1. The van der Waals surface area contributed by atoms with Crippen molar-refractivity contribution in [1.82, 2.24) is 5.06 Å². The number of likely N-dealkylation sites (N-methyl/N-ethyl adjacent to an activating group) is 1. The van der Waals surface area contributed by atoms with E-state index in [-0.39, 0.29) is 12.0 Å². The Balaban J connectivity index is 2.28. The van der Waals surface area contributed by atoms with Crippen molar-refractivity contribution in [1.29, 1.82) is 0 Å². The molecule has 1 aliphatic rings. The highest BCUT2D eigenvalue weighted by atomic mass is 16.7. The molecule has 0 aromatic carbocycles. The Morgan fingerprint density at radius 1 is 1.58 bits per heavy atom. The van der Waals surface area contributed by atoms with Crippen LogP contribution in [-0.4, -0.2) is 37.3 Å². The lowest BCUT2D eigenvalue weighted by atomic mass is 10.4. The van der Waals surface area contributed by atoms with Crippen molar-refractivity contribution in [3.05, 3.63) is 0 Å². The van der Waals surface area contributed by atoms with Gasteiger partial charge >= 0.3 is 0 Å². The Morgan fingerprint density at radius 3 is 2.58 bits per heavy atom. The van der Waals surface area contributed by atoms with Gasteiger partial charge in [-0.15, -0.1) is 0 Å². The van der Waals surface area contributed by atoms with Crippen LogP contribution in [-0.2, 0) is 14.4 Å². The van der Waals surface area contributed by atoms with Gasteiger partial charge in [-0.3, -0.25) is 9.63 Å². The molecule has 0 unspecified atom stereocenters. The molecular formula is C8H15NO3. The van der Waals surface area contributed by atoms with Crippen molar-refractivity contribution in [2.45, 2.75) is 32.0 Å². The van der Waals surface area contributed by atoms with E-state index in [1.54, 1.807) is 14.0 Å². The van der Waals surface area contributed by atoms with Crippen LogP contribution in [0.3, 0.4) is 0 Å². The molecule has 0 radical (unpaired) electrons. The largest absolute Gasteiger partial charge is 0.365 e. The number of hydroxylamine groups is 2. The summed E-state index contributed by atoms with van der Waals surface area (Å²) in [5.41, 5.74) is 0. The molecule has 70 valence electrons. The highest BCUT2D eigenvalue weighted by molar-refractivity contribution is 5.79. The van der Waals surface area contributed by atoms with Gasteiger partial charge in [-0.25, -0.2) is 5.06 Å². The Bertz CT molecular complexity index is 168. The van der Waals surface area contributed by atoms with E-state index in [1.165, 1.54) is 12.2 Å². The second-order valence-corrected chi connectivity index (χ2v) is 3.00. The zero-order chi connectivity index (χ0) is 9.14. The molecule has 1 saturated carbocycles. The first kappa shape index (κ1) is 9.48. The second kappa shape index (κ2) is 3.87.